The number of ether oxygens (including phenoxy) is 2. The third-order valence-corrected chi connectivity index (χ3v) is 5.08. The number of carbonyl (C=O) groups is 2. The van der Waals surface area contributed by atoms with E-state index in [1.54, 1.807) is 42.5 Å². The van der Waals surface area contributed by atoms with Crippen molar-refractivity contribution < 1.29 is 19.1 Å². The number of methoxy groups -OCH3 is 1. The molecule has 0 spiro atoms. The Morgan fingerprint density at radius 2 is 1.85 bits per heavy atom. The fraction of sp³-hybridized carbons (Fsp3) is 0.111. The van der Waals surface area contributed by atoms with Gasteiger partial charge in [-0.3, -0.25) is 14.9 Å². The molecule has 8 heteroatoms. The molecule has 3 rings (SSSR count). The van der Waals surface area contributed by atoms with Gasteiger partial charge in [0.1, 0.15) is 6.61 Å². The van der Waals surface area contributed by atoms with Crippen LogP contribution in [0.1, 0.15) is 11.1 Å². The first-order chi connectivity index (χ1) is 12.5. The lowest BCUT2D eigenvalue weighted by Gasteiger charge is -2.13. The summed E-state index contributed by atoms with van der Waals surface area (Å²) in [5, 5.41) is 2.87. The second-order valence-corrected chi connectivity index (χ2v) is 7.08. The Balaban J connectivity index is 1.80. The quantitative estimate of drug-likeness (QED) is 0.710. The molecule has 2 aromatic rings. The van der Waals surface area contributed by atoms with Gasteiger partial charge in [-0.15, -0.1) is 0 Å². The van der Waals surface area contributed by atoms with Gasteiger partial charge < -0.3 is 9.47 Å². The van der Waals surface area contributed by atoms with E-state index in [1.165, 1.54) is 7.11 Å². The van der Waals surface area contributed by atoms with Gasteiger partial charge in [0.2, 0.25) is 0 Å². The van der Waals surface area contributed by atoms with Crippen LogP contribution in [0.5, 0.6) is 11.5 Å². The van der Waals surface area contributed by atoms with Gasteiger partial charge in [-0.2, -0.15) is 0 Å². The number of imide groups is 1. The van der Waals surface area contributed by atoms with Gasteiger partial charge in [0, 0.05) is 15.6 Å². The molecule has 0 aromatic heterocycles. The molecule has 134 valence electrons. The lowest BCUT2D eigenvalue weighted by atomic mass is 10.2. The zero-order chi connectivity index (χ0) is 18.7. The average molecular weight is 410 g/mol. The number of benzene rings is 2. The Labute approximate surface area is 164 Å². The molecular formula is C18H13Cl2NO4S. The third kappa shape index (κ3) is 4.15. The maximum atomic E-state index is 11.6. The number of carbonyl (C=O) groups excluding carboxylic acids is 2. The predicted octanol–water partition coefficient (Wildman–Crippen LogP) is 4.90. The standard InChI is InChI=1S/C18H13Cl2NO4S/c1-24-15-7-10(8-16-17(22)21-18(23)26-16)5-6-14(15)25-9-11-12(19)3-2-4-13(11)20/h2-8H,9H2,1H3,(H,21,22,23)/b16-8-. The molecule has 26 heavy (non-hydrogen) atoms. The van der Waals surface area contributed by atoms with Gasteiger partial charge >= 0.3 is 0 Å². The molecule has 1 heterocycles. The van der Waals surface area contributed by atoms with Crippen LogP contribution in [0, 0.1) is 0 Å². The van der Waals surface area contributed by atoms with E-state index in [-0.39, 0.29) is 11.8 Å². The van der Waals surface area contributed by atoms with Crippen LogP contribution in [0.3, 0.4) is 0 Å². The number of thioether (sulfide) groups is 1. The topological polar surface area (TPSA) is 64.6 Å². The van der Waals surface area contributed by atoms with E-state index in [2.05, 4.69) is 5.32 Å². The molecule has 0 saturated carbocycles. The first kappa shape index (κ1) is 18.6. The molecule has 2 aromatic carbocycles. The average Bonchev–Trinajstić information content (AvgIpc) is 2.92. The monoisotopic (exact) mass is 409 g/mol. The van der Waals surface area contributed by atoms with E-state index in [0.29, 0.717) is 37.6 Å². The first-order valence-corrected chi connectivity index (χ1v) is 9.04. The zero-order valence-electron chi connectivity index (χ0n) is 13.5. The van der Waals surface area contributed by atoms with Gasteiger partial charge in [0.25, 0.3) is 11.1 Å². The number of rotatable bonds is 5. The highest BCUT2D eigenvalue weighted by atomic mass is 35.5. The van der Waals surface area contributed by atoms with Crippen molar-refractivity contribution in [3.05, 3.63) is 62.5 Å². The molecule has 0 radical (unpaired) electrons. The summed E-state index contributed by atoms with van der Waals surface area (Å²) in [6, 6.07) is 10.4. The highest BCUT2D eigenvalue weighted by molar-refractivity contribution is 8.18. The predicted molar refractivity (Wildman–Crippen MR) is 103 cm³/mol. The lowest BCUT2D eigenvalue weighted by Crippen LogP contribution is -2.17. The van der Waals surface area contributed by atoms with Crippen LogP contribution < -0.4 is 14.8 Å². The van der Waals surface area contributed by atoms with E-state index >= 15 is 0 Å². The van der Waals surface area contributed by atoms with Crippen molar-refractivity contribution in [3.8, 4) is 11.5 Å². The molecule has 5 nitrogen and oxygen atoms in total. The van der Waals surface area contributed by atoms with E-state index in [4.69, 9.17) is 32.7 Å². The maximum absolute atomic E-state index is 11.6. The van der Waals surface area contributed by atoms with Gasteiger partial charge in [0.15, 0.2) is 11.5 Å². The third-order valence-electron chi connectivity index (χ3n) is 3.56. The van der Waals surface area contributed by atoms with Gasteiger partial charge in [0.05, 0.1) is 12.0 Å². The van der Waals surface area contributed by atoms with Crippen LogP contribution in [0.2, 0.25) is 10.0 Å². The highest BCUT2D eigenvalue weighted by Crippen LogP contribution is 2.33. The number of halogens is 2. The van der Waals surface area contributed by atoms with Crippen LogP contribution in [-0.2, 0) is 11.4 Å². The van der Waals surface area contributed by atoms with Crippen molar-refractivity contribution in [2.24, 2.45) is 0 Å². The molecule has 1 fully saturated rings. The number of amides is 2. The van der Waals surface area contributed by atoms with Crippen LogP contribution in [0.25, 0.3) is 6.08 Å². The molecule has 1 aliphatic rings. The summed E-state index contributed by atoms with van der Waals surface area (Å²) in [5.74, 6) is 0.579. The van der Waals surface area contributed by atoms with Crippen molar-refractivity contribution in [2.75, 3.05) is 7.11 Å². The van der Waals surface area contributed by atoms with Gasteiger partial charge in [-0.25, -0.2) is 0 Å². The lowest BCUT2D eigenvalue weighted by molar-refractivity contribution is -0.115. The molecule has 0 unspecified atom stereocenters. The maximum Gasteiger partial charge on any atom is 0.290 e. The summed E-state index contributed by atoms with van der Waals surface area (Å²) in [5.41, 5.74) is 1.39. The van der Waals surface area contributed by atoms with Gasteiger partial charge in [-0.05, 0) is 47.7 Å². The van der Waals surface area contributed by atoms with Crippen molar-refractivity contribution in [1.29, 1.82) is 0 Å². The van der Waals surface area contributed by atoms with Crippen LogP contribution in [0.4, 0.5) is 4.79 Å². The minimum atomic E-state index is -0.410. The fourth-order valence-electron chi connectivity index (χ4n) is 2.29. The molecular weight excluding hydrogens is 397 g/mol. The second kappa shape index (κ2) is 8.03. The molecule has 1 saturated heterocycles. The van der Waals surface area contributed by atoms with E-state index in [9.17, 15) is 9.59 Å². The molecule has 1 aliphatic heterocycles. The fourth-order valence-corrected chi connectivity index (χ4v) is 3.47. The number of nitrogens with one attached hydrogen (secondary N) is 1. The summed E-state index contributed by atoms with van der Waals surface area (Å²) in [6.07, 6.45) is 1.61. The summed E-state index contributed by atoms with van der Waals surface area (Å²) in [7, 11) is 1.52. The summed E-state index contributed by atoms with van der Waals surface area (Å²) in [6.45, 7) is 0.183. The number of hydrogen-bond acceptors (Lipinski definition) is 5. The molecule has 1 N–H and O–H groups in total. The minimum absolute atomic E-state index is 0.183. The van der Waals surface area contributed by atoms with Crippen molar-refractivity contribution >= 4 is 52.2 Å². The molecule has 2 amide bonds. The van der Waals surface area contributed by atoms with Crippen LogP contribution in [-0.4, -0.2) is 18.3 Å². The Hall–Kier alpha value is -2.15. The number of hydrogen-bond donors (Lipinski definition) is 1. The Kier molecular flexibility index (Phi) is 5.76. The summed E-state index contributed by atoms with van der Waals surface area (Å²) >= 11 is 13.1. The smallest absolute Gasteiger partial charge is 0.290 e. The SMILES string of the molecule is COc1cc(/C=C2\SC(=O)NC2=O)ccc1OCc1c(Cl)cccc1Cl. The molecule has 0 bridgehead atoms. The van der Waals surface area contributed by atoms with Crippen molar-refractivity contribution in [1.82, 2.24) is 5.32 Å². The molecule has 0 aliphatic carbocycles. The van der Waals surface area contributed by atoms with Crippen LogP contribution in [0.15, 0.2) is 41.3 Å². The largest absolute Gasteiger partial charge is 0.493 e. The molecule has 0 atom stereocenters. The summed E-state index contributed by atoms with van der Waals surface area (Å²) < 4.78 is 11.1. The van der Waals surface area contributed by atoms with Crippen molar-refractivity contribution in [2.45, 2.75) is 6.61 Å². The Morgan fingerprint density at radius 3 is 2.46 bits per heavy atom. The van der Waals surface area contributed by atoms with E-state index in [0.717, 1.165) is 11.8 Å². The van der Waals surface area contributed by atoms with Crippen LogP contribution >= 0.6 is 35.0 Å². The van der Waals surface area contributed by atoms with Crippen molar-refractivity contribution in [3.63, 3.8) is 0 Å². The van der Waals surface area contributed by atoms with E-state index in [1.807, 2.05) is 0 Å². The normalized spacial score (nSPS) is 15.3. The Morgan fingerprint density at radius 1 is 1.12 bits per heavy atom. The van der Waals surface area contributed by atoms with E-state index < -0.39 is 5.91 Å². The second-order valence-electron chi connectivity index (χ2n) is 5.25. The minimum Gasteiger partial charge on any atom is -0.493 e. The zero-order valence-corrected chi connectivity index (χ0v) is 15.9. The van der Waals surface area contributed by atoms with Gasteiger partial charge in [-0.1, -0.05) is 35.3 Å². The first-order valence-electron chi connectivity index (χ1n) is 7.46. The summed E-state index contributed by atoms with van der Waals surface area (Å²) in [4.78, 5) is 23.2. The highest BCUT2D eigenvalue weighted by Gasteiger charge is 2.25. The Bertz CT molecular complexity index is 894.